The number of amides is 1. The minimum atomic E-state index is -4.74. The van der Waals surface area contributed by atoms with Crippen molar-refractivity contribution in [2.45, 2.75) is 6.18 Å². The highest BCUT2D eigenvalue weighted by atomic mass is 19.4. The lowest BCUT2D eigenvalue weighted by atomic mass is 10.0. The number of rotatable bonds is 3. The fraction of sp³-hybridized carbons (Fsp3) is 0.0417. The van der Waals surface area contributed by atoms with Gasteiger partial charge < -0.3 is 10.4 Å². The van der Waals surface area contributed by atoms with Crippen molar-refractivity contribution in [2.75, 3.05) is 5.32 Å². The van der Waals surface area contributed by atoms with E-state index in [0.29, 0.717) is 10.1 Å². The number of halogens is 3. The largest absolute Gasteiger partial charge is 0.506 e. The summed E-state index contributed by atoms with van der Waals surface area (Å²) in [6, 6.07) is 19.5. The fourth-order valence-electron chi connectivity index (χ4n) is 3.68. The van der Waals surface area contributed by atoms with Crippen LogP contribution in [-0.2, 0) is 6.18 Å². The van der Waals surface area contributed by atoms with Crippen LogP contribution in [0.1, 0.15) is 16.1 Å². The van der Waals surface area contributed by atoms with E-state index in [1.54, 1.807) is 36.4 Å². The second-order valence-electron chi connectivity index (χ2n) is 7.32. The molecule has 33 heavy (non-hydrogen) atoms. The zero-order chi connectivity index (χ0) is 23.2. The monoisotopic (exact) mass is 448 g/mol. The Kier molecular flexibility index (Phi) is 4.74. The first-order valence-corrected chi connectivity index (χ1v) is 9.86. The van der Waals surface area contributed by atoms with Gasteiger partial charge in [-0.15, -0.1) is 0 Å². The van der Waals surface area contributed by atoms with Gasteiger partial charge in [-0.3, -0.25) is 4.79 Å². The van der Waals surface area contributed by atoms with E-state index in [1.807, 2.05) is 18.2 Å². The summed E-state index contributed by atoms with van der Waals surface area (Å²) in [4.78, 5) is 17.3. The van der Waals surface area contributed by atoms with Gasteiger partial charge in [-0.25, -0.2) is 9.50 Å². The number of fused-ring (bicyclic) bond motifs is 2. The molecule has 0 radical (unpaired) electrons. The fourth-order valence-corrected chi connectivity index (χ4v) is 3.68. The minimum absolute atomic E-state index is 0.0590. The van der Waals surface area contributed by atoms with Crippen LogP contribution in [0.2, 0.25) is 0 Å². The summed E-state index contributed by atoms with van der Waals surface area (Å²) in [5.41, 5.74) is -0.801. The summed E-state index contributed by atoms with van der Waals surface area (Å²) in [7, 11) is 0. The molecule has 0 unspecified atom stereocenters. The van der Waals surface area contributed by atoms with E-state index in [1.165, 1.54) is 12.1 Å². The third kappa shape index (κ3) is 3.63. The summed E-state index contributed by atoms with van der Waals surface area (Å²) in [6.07, 6.45) is -3.71. The Balaban J connectivity index is 1.71. The summed E-state index contributed by atoms with van der Waals surface area (Å²) < 4.78 is 42.4. The van der Waals surface area contributed by atoms with E-state index < -0.39 is 17.8 Å². The molecule has 3 aromatic carbocycles. The molecule has 5 aromatic rings. The topological polar surface area (TPSA) is 79.5 Å². The van der Waals surface area contributed by atoms with Crippen LogP contribution in [0.15, 0.2) is 79.0 Å². The van der Waals surface area contributed by atoms with Crippen molar-refractivity contribution in [2.24, 2.45) is 0 Å². The maximum atomic E-state index is 13.9. The lowest BCUT2D eigenvalue weighted by molar-refractivity contribution is -0.142. The number of aromatic hydroxyl groups is 1. The average molecular weight is 448 g/mol. The zero-order valence-corrected chi connectivity index (χ0v) is 16.8. The Morgan fingerprint density at radius 1 is 0.970 bits per heavy atom. The number of hydrogen-bond donors (Lipinski definition) is 2. The highest BCUT2D eigenvalue weighted by Crippen LogP contribution is 2.35. The number of carbonyl (C=O) groups excluding carboxylic acids is 1. The van der Waals surface area contributed by atoms with E-state index in [4.69, 9.17) is 0 Å². The first-order chi connectivity index (χ1) is 15.8. The first-order valence-electron chi connectivity index (χ1n) is 9.86. The van der Waals surface area contributed by atoms with Crippen LogP contribution in [-0.4, -0.2) is 25.6 Å². The van der Waals surface area contributed by atoms with Gasteiger partial charge in [-0.1, -0.05) is 54.6 Å². The number of aromatic nitrogens is 3. The van der Waals surface area contributed by atoms with Gasteiger partial charge in [0, 0.05) is 5.56 Å². The molecule has 0 fully saturated rings. The predicted octanol–water partition coefficient (Wildman–Crippen LogP) is 5.53. The van der Waals surface area contributed by atoms with Crippen molar-refractivity contribution in [3.63, 3.8) is 0 Å². The maximum Gasteiger partial charge on any atom is 0.433 e. The zero-order valence-electron chi connectivity index (χ0n) is 16.8. The van der Waals surface area contributed by atoms with Gasteiger partial charge in [0.05, 0.1) is 17.6 Å². The molecule has 1 amide bonds. The number of hydrogen-bond acceptors (Lipinski definition) is 4. The van der Waals surface area contributed by atoms with Gasteiger partial charge in [-0.05, 0) is 29.0 Å². The van der Waals surface area contributed by atoms with Gasteiger partial charge in [0.25, 0.3) is 5.91 Å². The van der Waals surface area contributed by atoms with Crippen LogP contribution in [0, 0.1) is 0 Å². The average Bonchev–Trinajstić information content (AvgIpc) is 3.23. The molecule has 2 heterocycles. The molecule has 0 saturated carbocycles. The van der Waals surface area contributed by atoms with Gasteiger partial charge in [0.15, 0.2) is 11.3 Å². The molecule has 2 aromatic heterocycles. The highest BCUT2D eigenvalue weighted by Gasteiger charge is 2.36. The molecule has 0 aliphatic heterocycles. The Labute approximate surface area is 184 Å². The molecule has 0 aliphatic rings. The van der Waals surface area contributed by atoms with E-state index in [2.05, 4.69) is 15.4 Å². The van der Waals surface area contributed by atoms with E-state index >= 15 is 0 Å². The molecule has 2 N–H and O–H groups in total. The molecule has 0 aliphatic carbocycles. The number of para-hydroxylation sites is 2. The molecule has 164 valence electrons. The van der Waals surface area contributed by atoms with Gasteiger partial charge in [0.2, 0.25) is 0 Å². The van der Waals surface area contributed by atoms with Crippen LogP contribution in [0.25, 0.3) is 27.7 Å². The second kappa shape index (κ2) is 7.63. The van der Waals surface area contributed by atoms with Crippen molar-refractivity contribution in [3.05, 3.63) is 90.3 Å². The highest BCUT2D eigenvalue weighted by molar-refractivity contribution is 6.09. The number of anilines is 1. The molecule has 0 spiro atoms. The standard InChI is InChI=1S/C24H15F3N4O2/c25-24(26,27)21-12-19(16-9-5-7-14-6-1-2-8-15(14)16)29-22-17(13-28-31(21)22)23(33)30-18-10-3-4-11-20(18)32/h1-13,32H,(H,30,33). The molecule has 0 saturated heterocycles. The van der Waals surface area contributed by atoms with Crippen molar-refractivity contribution >= 4 is 28.0 Å². The van der Waals surface area contributed by atoms with E-state index in [-0.39, 0.29) is 28.3 Å². The quantitative estimate of drug-likeness (QED) is 0.356. The van der Waals surface area contributed by atoms with Crippen LogP contribution >= 0.6 is 0 Å². The number of nitrogens with zero attached hydrogens (tertiary/aromatic N) is 3. The van der Waals surface area contributed by atoms with Crippen molar-refractivity contribution < 1.29 is 23.1 Å². The Hall–Kier alpha value is -4.40. The first kappa shape index (κ1) is 20.5. The van der Waals surface area contributed by atoms with Gasteiger partial charge in [-0.2, -0.15) is 18.3 Å². The predicted molar refractivity (Wildman–Crippen MR) is 117 cm³/mol. The molecule has 9 heteroatoms. The van der Waals surface area contributed by atoms with Crippen molar-refractivity contribution in [3.8, 4) is 17.0 Å². The smallest absolute Gasteiger partial charge is 0.433 e. The number of phenols is 1. The van der Waals surface area contributed by atoms with Gasteiger partial charge >= 0.3 is 6.18 Å². The number of phenolic OH excluding ortho intramolecular Hbond substituents is 1. The lowest BCUT2D eigenvalue weighted by Gasteiger charge is -2.13. The Morgan fingerprint density at radius 2 is 1.70 bits per heavy atom. The maximum absolute atomic E-state index is 13.9. The molecular weight excluding hydrogens is 433 g/mol. The number of carbonyl (C=O) groups is 1. The van der Waals surface area contributed by atoms with Crippen LogP contribution in [0.5, 0.6) is 5.75 Å². The van der Waals surface area contributed by atoms with Crippen LogP contribution in [0.4, 0.5) is 18.9 Å². The van der Waals surface area contributed by atoms with Gasteiger partial charge in [0.1, 0.15) is 11.3 Å². The Bertz CT molecular complexity index is 1520. The summed E-state index contributed by atoms with van der Waals surface area (Å²) >= 11 is 0. The number of nitrogens with one attached hydrogen (secondary N) is 1. The Morgan fingerprint density at radius 3 is 2.48 bits per heavy atom. The molecule has 6 nitrogen and oxygen atoms in total. The lowest BCUT2D eigenvalue weighted by Crippen LogP contribution is -2.16. The minimum Gasteiger partial charge on any atom is -0.506 e. The van der Waals surface area contributed by atoms with Crippen molar-refractivity contribution in [1.29, 1.82) is 0 Å². The third-order valence-corrected chi connectivity index (χ3v) is 5.22. The molecule has 0 atom stereocenters. The number of alkyl halides is 3. The summed E-state index contributed by atoms with van der Waals surface area (Å²) in [6.45, 7) is 0. The van der Waals surface area contributed by atoms with Crippen LogP contribution < -0.4 is 5.32 Å². The summed E-state index contributed by atoms with van der Waals surface area (Å²) in [5, 5.41) is 17.8. The van der Waals surface area contributed by atoms with Crippen LogP contribution in [0.3, 0.4) is 0 Å². The second-order valence-corrected chi connectivity index (χ2v) is 7.32. The third-order valence-electron chi connectivity index (χ3n) is 5.22. The molecule has 0 bridgehead atoms. The SMILES string of the molecule is O=C(Nc1ccccc1O)c1cnn2c(C(F)(F)F)cc(-c3cccc4ccccc34)nc12. The summed E-state index contributed by atoms with van der Waals surface area (Å²) in [5.74, 6) is -0.926. The van der Waals surface area contributed by atoms with Crippen molar-refractivity contribution in [1.82, 2.24) is 14.6 Å². The van der Waals surface area contributed by atoms with E-state index in [9.17, 15) is 23.1 Å². The van der Waals surface area contributed by atoms with E-state index in [0.717, 1.165) is 23.0 Å². The normalized spacial score (nSPS) is 11.7. The molecular formula is C24H15F3N4O2. The molecule has 5 rings (SSSR count). The number of benzene rings is 3.